The molecule has 0 aliphatic heterocycles. The summed E-state index contributed by atoms with van der Waals surface area (Å²) in [7, 11) is 1.64. The van der Waals surface area contributed by atoms with Crippen molar-refractivity contribution in [1.82, 2.24) is 4.57 Å². The highest BCUT2D eigenvalue weighted by atomic mass is 16.5. The van der Waals surface area contributed by atoms with Gasteiger partial charge >= 0.3 is 12.0 Å². The second kappa shape index (κ2) is 11.3. The zero-order valence-corrected chi connectivity index (χ0v) is 19.8. The first-order chi connectivity index (χ1) is 16.3. The highest BCUT2D eigenvalue weighted by Gasteiger charge is 2.20. The predicted molar refractivity (Wildman–Crippen MR) is 131 cm³/mol. The summed E-state index contributed by atoms with van der Waals surface area (Å²) in [4.78, 5) is 37.2. The number of aromatic nitrogens is 1. The zero-order valence-electron chi connectivity index (χ0n) is 19.8. The molecule has 2 amide bonds. The summed E-state index contributed by atoms with van der Waals surface area (Å²) >= 11 is 0. The van der Waals surface area contributed by atoms with Gasteiger partial charge in [0.15, 0.2) is 6.61 Å². The number of methoxy groups -OCH3 is 1. The molecule has 1 atom stereocenters. The number of para-hydroxylation sites is 1. The lowest BCUT2D eigenvalue weighted by Gasteiger charge is -2.17. The van der Waals surface area contributed by atoms with Crippen LogP contribution in [0.25, 0.3) is 0 Å². The number of carbonyl (C=O) groups excluding carboxylic acids is 3. The third-order valence-corrected chi connectivity index (χ3v) is 5.38. The molecule has 1 unspecified atom stereocenters. The Morgan fingerprint density at radius 1 is 0.941 bits per heavy atom. The van der Waals surface area contributed by atoms with Crippen molar-refractivity contribution in [3.63, 3.8) is 0 Å². The maximum atomic E-state index is 12.7. The summed E-state index contributed by atoms with van der Waals surface area (Å²) < 4.78 is 12.5. The average molecular weight is 464 g/mol. The molecule has 0 saturated carbocycles. The number of benzene rings is 2. The minimum atomic E-state index is -0.616. The van der Waals surface area contributed by atoms with E-state index in [9.17, 15) is 14.4 Å². The number of ether oxygens (including phenoxy) is 2. The highest BCUT2D eigenvalue weighted by Crippen LogP contribution is 2.21. The fraction of sp³-hybridized carbons (Fsp3) is 0.269. The molecule has 0 saturated heterocycles. The molecular weight excluding hydrogens is 434 g/mol. The van der Waals surface area contributed by atoms with Gasteiger partial charge in [-0.05, 0) is 63.2 Å². The van der Waals surface area contributed by atoms with Gasteiger partial charge < -0.3 is 24.7 Å². The largest absolute Gasteiger partial charge is 0.454 e. The van der Waals surface area contributed by atoms with Gasteiger partial charge in [0.1, 0.15) is 0 Å². The number of anilines is 2. The molecule has 2 N–H and O–H groups in total. The SMILES string of the molecule is COCC(C)n1c(C)cc(C(=O)COC(=O)c2ccc(NC(=O)Nc3ccccc3)cc2)c1C. The van der Waals surface area contributed by atoms with Crippen LogP contribution in [0.4, 0.5) is 16.2 Å². The van der Waals surface area contributed by atoms with E-state index in [4.69, 9.17) is 9.47 Å². The minimum Gasteiger partial charge on any atom is -0.454 e. The van der Waals surface area contributed by atoms with Crippen molar-refractivity contribution in [3.8, 4) is 0 Å². The van der Waals surface area contributed by atoms with Gasteiger partial charge in [-0.25, -0.2) is 9.59 Å². The zero-order chi connectivity index (χ0) is 24.7. The van der Waals surface area contributed by atoms with Crippen LogP contribution in [-0.4, -0.2) is 42.7 Å². The number of Topliss-reactive ketones (excluding diaryl/α,β-unsaturated/α-hetero) is 1. The van der Waals surface area contributed by atoms with E-state index in [-0.39, 0.29) is 24.0 Å². The lowest BCUT2D eigenvalue weighted by molar-refractivity contribution is 0.0474. The third kappa shape index (κ3) is 6.11. The maximum Gasteiger partial charge on any atom is 0.338 e. The first-order valence-electron chi connectivity index (χ1n) is 10.9. The summed E-state index contributed by atoms with van der Waals surface area (Å²) in [6.45, 7) is 5.98. The van der Waals surface area contributed by atoms with E-state index in [0.29, 0.717) is 23.5 Å². The number of rotatable bonds is 9. The second-order valence-electron chi connectivity index (χ2n) is 7.98. The summed E-state index contributed by atoms with van der Waals surface area (Å²) in [5, 5.41) is 5.40. The molecule has 3 rings (SSSR count). The summed E-state index contributed by atoms with van der Waals surface area (Å²) in [5.74, 6) is -0.886. The van der Waals surface area contributed by atoms with Gasteiger partial charge in [0, 0.05) is 35.4 Å². The standard InChI is InChI=1S/C26H29N3O5/c1-17-14-23(19(3)29(17)18(2)15-33-4)24(30)16-34-25(31)20-10-12-22(13-11-20)28-26(32)27-21-8-6-5-7-9-21/h5-14,18H,15-16H2,1-4H3,(H2,27,28,32). The number of nitrogens with one attached hydrogen (secondary N) is 2. The Bertz CT molecular complexity index is 1150. The van der Waals surface area contributed by atoms with Crippen molar-refractivity contribution in [3.05, 3.63) is 83.2 Å². The Morgan fingerprint density at radius 3 is 2.18 bits per heavy atom. The molecule has 34 heavy (non-hydrogen) atoms. The first-order valence-corrected chi connectivity index (χ1v) is 10.9. The van der Waals surface area contributed by atoms with Gasteiger partial charge in [-0.3, -0.25) is 4.79 Å². The fourth-order valence-corrected chi connectivity index (χ4v) is 3.85. The van der Waals surface area contributed by atoms with Gasteiger partial charge in [0.25, 0.3) is 0 Å². The van der Waals surface area contributed by atoms with Crippen LogP contribution in [0.3, 0.4) is 0 Å². The van der Waals surface area contributed by atoms with E-state index in [1.165, 1.54) is 12.1 Å². The average Bonchev–Trinajstić information content (AvgIpc) is 3.12. The fourth-order valence-electron chi connectivity index (χ4n) is 3.85. The van der Waals surface area contributed by atoms with Gasteiger partial charge in [0.2, 0.25) is 5.78 Å². The molecule has 8 nitrogen and oxygen atoms in total. The Hall–Kier alpha value is -3.91. The van der Waals surface area contributed by atoms with Crippen LogP contribution in [0, 0.1) is 13.8 Å². The highest BCUT2D eigenvalue weighted by molar-refractivity contribution is 6.01. The third-order valence-electron chi connectivity index (χ3n) is 5.38. The van der Waals surface area contributed by atoms with Crippen molar-refractivity contribution >= 4 is 29.2 Å². The van der Waals surface area contributed by atoms with E-state index in [1.807, 2.05) is 43.5 Å². The van der Waals surface area contributed by atoms with Crippen LogP contribution in [0.1, 0.15) is 45.1 Å². The topological polar surface area (TPSA) is 98.7 Å². The Morgan fingerprint density at radius 2 is 1.56 bits per heavy atom. The van der Waals surface area contributed by atoms with Crippen LogP contribution >= 0.6 is 0 Å². The van der Waals surface area contributed by atoms with Gasteiger partial charge in [0.05, 0.1) is 18.2 Å². The predicted octanol–water partition coefficient (Wildman–Crippen LogP) is 5.00. The molecule has 0 spiro atoms. The smallest absolute Gasteiger partial charge is 0.338 e. The summed E-state index contributed by atoms with van der Waals surface area (Å²) in [5.41, 5.74) is 3.74. The number of nitrogens with zero attached hydrogens (tertiary/aromatic N) is 1. The summed E-state index contributed by atoms with van der Waals surface area (Å²) in [6, 6.07) is 16.8. The molecule has 178 valence electrons. The minimum absolute atomic E-state index is 0.0796. The van der Waals surface area contributed by atoms with Gasteiger partial charge in [-0.1, -0.05) is 18.2 Å². The van der Waals surface area contributed by atoms with E-state index >= 15 is 0 Å². The van der Waals surface area contributed by atoms with Gasteiger partial charge in [-0.15, -0.1) is 0 Å². The van der Waals surface area contributed by atoms with E-state index in [2.05, 4.69) is 10.6 Å². The van der Waals surface area contributed by atoms with Crippen molar-refractivity contribution in [2.24, 2.45) is 0 Å². The van der Waals surface area contributed by atoms with Crippen LogP contribution < -0.4 is 10.6 Å². The Labute approximate surface area is 198 Å². The van der Waals surface area contributed by atoms with E-state index in [1.54, 1.807) is 37.4 Å². The molecule has 0 radical (unpaired) electrons. The molecule has 1 heterocycles. The lowest BCUT2D eigenvalue weighted by Crippen LogP contribution is -2.19. The number of aryl methyl sites for hydroxylation is 1. The van der Waals surface area contributed by atoms with Gasteiger partial charge in [-0.2, -0.15) is 0 Å². The Balaban J connectivity index is 1.55. The second-order valence-corrected chi connectivity index (χ2v) is 7.98. The van der Waals surface area contributed by atoms with Crippen LogP contribution in [0.15, 0.2) is 60.7 Å². The summed E-state index contributed by atoms with van der Waals surface area (Å²) in [6.07, 6.45) is 0. The quantitative estimate of drug-likeness (QED) is 0.344. The van der Waals surface area contributed by atoms with Crippen LogP contribution in [0.5, 0.6) is 0 Å². The van der Waals surface area contributed by atoms with Crippen molar-refractivity contribution in [1.29, 1.82) is 0 Å². The molecule has 2 aromatic carbocycles. The number of ketones is 1. The van der Waals surface area contributed by atoms with Crippen molar-refractivity contribution in [2.45, 2.75) is 26.8 Å². The maximum absolute atomic E-state index is 12.7. The lowest BCUT2D eigenvalue weighted by atomic mass is 10.1. The molecule has 0 bridgehead atoms. The number of urea groups is 1. The molecule has 1 aromatic heterocycles. The monoisotopic (exact) mass is 463 g/mol. The number of amides is 2. The van der Waals surface area contributed by atoms with Crippen molar-refractivity contribution in [2.75, 3.05) is 31.0 Å². The first kappa shape index (κ1) is 24.7. The Kier molecular flexibility index (Phi) is 8.21. The molecule has 0 aliphatic carbocycles. The molecule has 0 aliphatic rings. The number of esters is 1. The van der Waals surface area contributed by atoms with Crippen LogP contribution in [-0.2, 0) is 9.47 Å². The normalized spacial score (nSPS) is 11.5. The molecule has 8 heteroatoms. The van der Waals surface area contributed by atoms with Crippen LogP contribution in [0.2, 0.25) is 0 Å². The molecule has 0 fully saturated rings. The number of carbonyl (C=O) groups is 3. The number of hydrogen-bond acceptors (Lipinski definition) is 5. The van der Waals surface area contributed by atoms with E-state index in [0.717, 1.165) is 11.4 Å². The van der Waals surface area contributed by atoms with E-state index < -0.39 is 12.0 Å². The number of hydrogen-bond donors (Lipinski definition) is 2. The van der Waals surface area contributed by atoms with Crippen molar-refractivity contribution < 1.29 is 23.9 Å². The molecule has 3 aromatic rings. The molecular formula is C26H29N3O5.